The van der Waals surface area contributed by atoms with Gasteiger partial charge in [0.25, 0.3) is 0 Å². The van der Waals surface area contributed by atoms with Gasteiger partial charge in [0.05, 0.1) is 0 Å². The Kier molecular flexibility index (Phi) is 35.4. The maximum absolute atomic E-state index is 10.4. The molecular formula is C21H52O7SiTi. The van der Waals surface area contributed by atoms with Crippen LogP contribution < -0.4 is 0 Å². The van der Waals surface area contributed by atoms with E-state index in [1.165, 1.54) is 0 Å². The molecule has 0 aliphatic carbocycles. The van der Waals surface area contributed by atoms with Crippen LogP contribution in [-0.4, -0.2) is 65.8 Å². The molecule has 0 heterocycles. The molecule has 3 atom stereocenters. The molecule has 186 valence electrons. The predicted octanol–water partition coefficient (Wildman–Crippen LogP) is 4.02. The van der Waals surface area contributed by atoms with E-state index in [2.05, 4.69) is 0 Å². The van der Waals surface area contributed by atoms with Crippen molar-refractivity contribution < 1.29 is 55.1 Å². The van der Waals surface area contributed by atoms with E-state index >= 15 is 0 Å². The third kappa shape index (κ3) is 46.7. The van der Waals surface area contributed by atoms with Gasteiger partial charge < -0.3 is 33.4 Å². The van der Waals surface area contributed by atoms with Crippen molar-refractivity contribution in [3.63, 3.8) is 0 Å². The number of aliphatic hydroxyl groups excluding tert-OH is 3. The first-order chi connectivity index (χ1) is 13.1. The van der Waals surface area contributed by atoms with Gasteiger partial charge in [-0.1, -0.05) is 20.8 Å². The van der Waals surface area contributed by atoms with Gasteiger partial charge in [-0.2, -0.15) is 0 Å². The first kappa shape index (κ1) is 41.0. The van der Waals surface area contributed by atoms with E-state index in [0.717, 1.165) is 19.3 Å². The second kappa shape index (κ2) is 25.9. The molecule has 0 saturated heterocycles. The molecule has 30 heavy (non-hydrogen) atoms. The first-order valence-corrected chi connectivity index (χ1v) is 12.5. The minimum Gasteiger partial charge on any atom is -0.394 e. The molecule has 0 radical (unpaired) electrons. The molecule has 7 nitrogen and oxygen atoms in total. The van der Waals surface area contributed by atoms with E-state index in [1.54, 1.807) is 41.5 Å². The van der Waals surface area contributed by atoms with Crippen LogP contribution in [0.1, 0.15) is 102 Å². The summed E-state index contributed by atoms with van der Waals surface area (Å²) in [5, 5.41) is 24.2. The van der Waals surface area contributed by atoms with Crippen molar-refractivity contribution in [3.05, 3.63) is 0 Å². The fraction of sp³-hybridized carbons (Fsp3) is 1.00. The van der Waals surface area contributed by atoms with Crippen LogP contribution in [0.3, 0.4) is 0 Å². The Morgan fingerprint density at radius 2 is 0.667 bits per heavy atom. The zero-order valence-electron chi connectivity index (χ0n) is 21.6. The minimum atomic E-state index is -3.50. The molecule has 0 aliphatic heterocycles. The topological polar surface area (TPSA) is 109 Å². The molecule has 0 aromatic carbocycles. The average molecular weight is 493 g/mol. The van der Waals surface area contributed by atoms with Crippen LogP contribution >= 0.6 is 0 Å². The van der Waals surface area contributed by atoms with Gasteiger partial charge in [-0.15, -0.1) is 0 Å². The summed E-state index contributed by atoms with van der Waals surface area (Å²) in [5.41, 5.74) is 0. The molecule has 9 heteroatoms. The standard InChI is InChI=1S/C12H28O4Si.3C3H8O.Ti/c1-7-10(4)14-17(13,15-11(5)8-2)16-12(6)9-3;3*1-3(2)4;/h10-13H,7-9H2,1-6H3;3*3-4H,1-2H3;. The average Bonchev–Trinajstić information content (AvgIpc) is 2.52. The fourth-order valence-corrected chi connectivity index (χ4v) is 3.29. The Labute approximate surface area is 202 Å². The maximum atomic E-state index is 10.4. The molecule has 0 bridgehead atoms. The van der Waals surface area contributed by atoms with Gasteiger partial charge >= 0.3 is 9.05 Å². The van der Waals surface area contributed by atoms with Gasteiger partial charge in [-0.3, -0.25) is 0 Å². The molecule has 0 spiro atoms. The largest absolute Gasteiger partial charge is 0.677 e. The van der Waals surface area contributed by atoms with E-state index in [0.29, 0.717) is 0 Å². The molecule has 0 saturated carbocycles. The van der Waals surface area contributed by atoms with Crippen LogP contribution in [0, 0.1) is 0 Å². The zero-order chi connectivity index (χ0) is 24.2. The molecule has 3 unspecified atom stereocenters. The molecule has 0 aromatic rings. The van der Waals surface area contributed by atoms with Crippen molar-refractivity contribution in [2.75, 3.05) is 0 Å². The van der Waals surface area contributed by atoms with Crippen molar-refractivity contribution in [2.45, 2.75) is 139 Å². The van der Waals surface area contributed by atoms with Crippen LogP contribution in [0.15, 0.2) is 0 Å². The number of hydrogen-bond acceptors (Lipinski definition) is 7. The molecule has 0 aromatic heterocycles. The third-order valence-corrected chi connectivity index (χ3v) is 4.88. The van der Waals surface area contributed by atoms with Gasteiger partial charge in [-0.05, 0) is 81.6 Å². The molecule has 0 rings (SSSR count). The van der Waals surface area contributed by atoms with E-state index < -0.39 is 9.05 Å². The van der Waals surface area contributed by atoms with Crippen molar-refractivity contribution in [1.29, 1.82) is 0 Å². The summed E-state index contributed by atoms with van der Waals surface area (Å²) in [6.07, 6.45) is 1.80. The second-order valence-corrected chi connectivity index (χ2v) is 9.57. The molecule has 0 fully saturated rings. The Morgan fingerprint density at radius 3 is 0.767 bits per heavy atom. The Morgan fingerprint density at radius 1 is 0.533 bits per heavy atom. The Balaban J connectivity index is -0.000000131. The van der Waals surface area contributed by atoms with Crippen LogP contribution in [0.4, 0.5) is 0 Å². The van der Waals surface area contributed by atoms with Gasteiger partial charge in [0.2, 0.25) is 0 Å². The van der Waals surface area contributed by atoms with Crippen molar-refractivity contribution in [1.82, 2.24) is 0 Å². The van der Waals surface area contributed by atoms with Crippen LogP contribution in [0.5, 0.6) is 0 Å². The van der Waals surface area contributed by atoms with Crippen LogP contribution in [0.2, 0.25) is 0 Å². The van der Waals surface area contributed by atoms with Crippen molar-refractivity contribution in [3.8, 4) is 0 Å². The summed E-state index contributed by atoms with van der Waals surface area (Å²) < 4.78 is 16.7. The maximum Gasteiger partial charge on any atom is 0.677 e. The summed E-state index contributed by atoms with van der Waals surface area (Å²) in [6, 6.07) is 0. The molecule has 0 aliphatic rings. The molecule has 4 N–H and O–H groups in total. The number of rotatable bonds is 9. The van der Waals surface area contributed by atoms with Crippen molar-refractivity contribution in [2.24, 2.45) is 0 Å². The predicted molar refractivity (Wildman–Crippen MR) is 123 cm³/mol. The fourth-order valence-electron chi connectivity index (χ4n) is 1.10. The third-order valence-electron chi connectivity index (χ3n) is 2.78. The monoisotopic (exact) mass is 492 g/mol. The number of aliphatic hydroxyl groups is 3. The van der Waals surface area contributed by atoms with Gasteiger partial charge in [-0.25, -0.2) is 0 Å². The van der Waals surface area contributed by atoms with Gasteiger partial charge in [0.15, 0.2) is 0 Å². The number of hydrogen-bond donors (Lipinski definition) is 4. The van der Waals surface area contributed by atoms with Gasteiger partial charge in [0, 0.05) is 58.3 Å². The quantitative estimate of drug-likeness (QED) is 0.360. The summed E-state index contributed by atoms with van der Waals surface area (Å²) in [5.74, 6) is 0. The SMILES string of the molecule is CC(C)O.CC(C)O.CC(C)O.CCC(C)O[Si](O)(OC(C)CC)OC(C)CC.[Ti]. The summed E-state index contributed by atoms with van der Waals surface area (Å²) >= 11 is 0. The van der Waals surface area contributed by atoms with E-state index in [-0.39, 0.29) is 58.3 Å². The smallest absolute Gasteiger partial charge is 0.394 e. The van der Waals surface area contributed by atoms with Gasteiger partial charge in [0.1, 0.15) is 0 Å². The molecule has 0 amide bonds. The second-order valence-electron chi connectivity index (χ2n) is 7.82. The summed E-state index contributed by atoms with van der Waals surface area (Å²) in [4.78, 5) is 10.4. The first-order valence-electron chi connectivity index (χ1n) is 10.9. The zero-order valence-corrected chi connectivity index (χ0v) is 24.2. The summed E-state index contributed by atoms with van der Waals surface area (Å²) in [7, 11) is -3.50. The van der Waals surface area contributed by atoms with E-state index in [1.807, 2.05) is 41.5 Å². The molecular weight excluding hydrogens is 440 g/mol. The van der Waals surface area contributed by atoms with E-state index in [9.17, 15) is 4.80 Å². The van der Waals surface area contributed by atoms with Crippen LogP contribution in [0.25, 0.3) is 0 Å². The van der Waals surface area contributed by atoms with Crippen LogP contribution in [-0.2, 0) is 35.0 Å². The Bertz CT molecular complexity index is 268. The normalized spacial score (nSPS) is 15.3. The van der Waals surface area contributed by atoms with Crippen molar-refractivity contribution >= 4 is 9.05 Å². The summed E-state index contributed by atoms with van der Waals surface area (Å²) in [6.45, 7) is 22.1. The van der Waals surface area contributed by atoms with E-state index in [4.69, 9.17) is 28.6 Å². The minimum absolute atomic E-state index is 0. The Hall–Kier alpha value is 0.651.